The van der Waals surface area contributed by atoms with Crippen LogP contribution in [0.25, 0.3) is 0 Å². The van der Waals surface area contributed by atoms with Crippen LogP contribution in [0.2, 0.25) is 0 Å². The minimum Gasteiger partial charge on any atom is -0.497 e. The van der Waals surface area contributed by atoms with Crippen molar-refractivity contribution in [1.29, 1.82) is 0 Å². The Morgan fingerprint density at radius 2 is 1.76 bits per heavy atom. The standard InChI is InChI=1S/C44H60N2O8/c1-8-23-51-33-19-20-38-36(28-33)41-34(18-11-13-22-48)31(16-10-12-21-47)27-35-37(45-54-43(3,4)5)29-39(44(53-38,42(35)41)52-24-9-2)46(6)40(49)26-30-15-14-17-32(25-30)50-7/h8-9,14-15,17,19-20,25,27-28,31,34,39,41-42,47-48H,1-2,10-13,16,18,21-24,26,29H2,3-7H3/t31-,34+,39-,41+,42+,44+/m0/s1. The number of aliphatic hydroxyl groups is 2. The normalized spacial score (nSPS) is 25.1. The maximum Gasteiger partial charge on any atom is 0.239 e. The summed E-state index contributed by atoms with van der Waals surface area (Å²) in [6.45, 7) is 14.6. The second-order valence-corrected chi connectivity index (χ2v) is 15.6. The van der Waals surface area contributed by atoms with Crippen molar-refractivity contribution < 1.29 is 38.8 Å². The van der Waals surface area contributed by atoms with Gasteiger partial charge >= 0.3 is 0 Å². The van der Waals surface area contributed by atoms with Gasteiger partial charge in [0.05, 0.1) is 31.8 Å². The summed E-state index contributed by atoms with van der Waals surface area (Å²) in [6.07, 6.45) is 11.1. The molecule has 1 aliphatic heterocycles. The molecule has 0 unspecified atom stereocenters. The molecule has 3 aliphatic rings. The van der Waals surface area contributed by atoms with E-state index in [4.69, 9.17) is 28.9 Å². The molecular formula is C44H60N2O8. The van der Waals surface area contributed by atoms with Crippen LogP contribution in [0.3, 0.4) is 0 Å². The molecule has 10 heteroatoms. The molecule has 2 aromatic rings. The number of hydrogen-bond donors (Lipinski definition) is 2. The molecule has 0 radical (unpaired) electrons. The minimum atomic E-state index is -1.31. The molecule has 54 heavy (non-hydrogen) atoms. The van der Waals surface area contributed by atoms with Gasteiger partial charge in [-0.3, -0.25) is 4.79 Å². The van der Waals surface area contributed by atoms with E-state index < -0.39 is 17.4 Å². The fourth-order valence-corrected chi connectivity index (χ4v) is 8.42. The molecule has 2 aromatic carbocycles. The first-order valence-electron chi connectivity index (χ1n) is 19.4. The zero-order valence-electron chi connectivity index (χ0n) is 32.8. The molecule has 1 saturated carbocycles. The third kappa shape index (κ3) is 9.21. The van der Waals surface area contributed by atoms with Crippen LogP contribution >= 0.6 is 0 Å². The van der Waals surface area contributed by atoms with Gasteiger partial charge in [0, 0.05) is 38.2 Å². The van der Waals surface area contributed by atoms with Crippen LogP contribution in [0.4, 0.5) is 0 Å². The molecule has 2 aliphatic carbocycles. The molecule has 6 atom stereocenters. The number of methoxy groups -OCH3 is 1. The predicted molar refractivity (Wildman–Crippen MR) is 211 cm³/mol. The molecule has 1 heterocycles. The van der Waals surface area contributed by atoms with Crippen LogP contribution in [0.15, 0.2) is 84.6 Å². The van der Waals surface area contributed by atoms with E-state index in [1.165, 1.54) is 0 Å². The van der Waals surface area contributed by atoms with Crippen LogP contribution in [-0.4, -0.2) is 84.7 Å². The number of aliphatic hydroxyl groups excluding tert-OH is 2. The fraction of sp³-hybridized carbons (Fsp3) is 0.545. The molecular weight excluding hydrogens is 684 g/mol. The number of nitrogens with zero attached hydrogens (tertiary/aromatic N) is 2. The maximum absolute atomic E-state index is 14.4. The van der Waals surface area contributed by atoms with Crippen molar-refractivity contribution in [3.63, 3.8) is 0 Å². The van der Waals surface area contributed by atoms with Crippen molar-refractivity contribution in [2.24, 2.45) is 22.9 Å². The average Bonchev–Trinajstić information content (AvgIpc) is 3.16. The first-order valence-corrected chi connectivity index (χ1v) is 19.4. The fourth-order valence-electron chi connectivity index (χ4n) is 8.42. The van der Waals surface area contributed by atoms with Gasteiger partial charge in [0.25, 0.3) is 0 Å². The quantitative estimate of drug-likeness (QED) is 0.0869. The molecule has 1 amide bonds. The van der Waals surface area contributed by atoms with Crippen LogP contribution in [0, 0.1) is 17.8 Å². The van der Waals surface area contributed by atoms with E-state index in [0.717, 1.165) is 48.1 Å². The molecule has 1 fully saturated rings. The van der Waals surface area contributed by atoms with Gasteiger partial charge in [-0.2, -0.15) is 0 Å². The van der Waals surface area contributed by atoms with E-state index in [-0.39, 0.29) is 55.8 Å². The number of rotatable bonds is 19. The number of fused-ring (bicyclic) bond motifs is 2. The highest BCUT2D eigenvalue weighted by molar-refractivity contribution is 6.03. The Labute approximate surface area is 321 Å². The maximum atomic E-state index is 14.4. The number of likely N-dealkylation sites (N-methyl/N-ethyl adjacent to an activating group) is 1. The molecule has 2 N–H and O–H groups in total. The van der Waals surface area contributed by atoms with Crippen LogP contribution in [-0.2, 0) is 20.8 Å². The Hall–Kier alpha value is -4.12. The topological polar surface area (TPSA) is 119 Å². The number of carbonyl (C=O) groups is 1. The second kappa shape index (κ2) is 18.5. The molecule has 5 rings (SSSR count). The molecule has 0 aromatic heterocycles. The Kier molecular flexibility index (Phi) is 14.0. The van der Waals surface area contributed by atoms with Gasteiger partial charge in [0.15, 0.2) is 0 Å². The lowest BCUT2D eigenvalue weighted by Gasteiger charge is -2.59. The Morgan fingerprint density at radius 1 is 1.02 bits per heavy atom. The number of amides is 1. The number of allylic oxidation sites excluding steroid dienone is 1. The van der Waals surface area contributed by atoms with Crippen LogP contribution in [0.5, 0.6) is 17.2 Å². The highest BCUT2D eigenvalue weighted by atomic mass is 16.7. The van der Waals surface area contributed by atoms with Gasteiger partial charge in [-0.15, -0.1) is 6.58 Å². The number of carbonyl (C=O) groups excluding carboxylic acids is 1. The number of oxime groups is 1. The van der Waals surface area contributed by atoms with Crippen molar-refractivity contribution in [3.8, 4) is 17.2 Å². The first-order chi connectivity index (χ1) is 26.0. The third-order valence-corrected chi connectivity index (χ3v) is 10.8. The van der Waals surface area contributed by atoms with Gasteiger partial charge in [-0.1, -0.05) is 54.9 Å². The number of unbranched alkanes of at least 4 members (excludes halogenated alkanes) is 2. The molecule has 294 valence electrons. The summed E-state index contributed by atoms with van der Waals surface area (Å²) in [5, 5.41) is 24.5. The average molecular weight is 745 g/mol. The van der Waals surface area contributed by atoms with Crippen molar-refractivity contribution in [3.05, 3.63) is 90.6 Å². The molecule has 0 bridgehead atoms. The number of benzene rings is 2. The highest BCUT2D eigenvalue weighted by Gasteiger charge is 2.65. The van der Waals surface area contributed by atoms with E-state index in [0.29, 0.717) is 43.1 Å². The lowest BCUT2D eigenvalue weighted by Crippen LogP contribution is -2.69. The van der Waals surface area contributed by atoms with Gasteiger partial charge in [0.1, 0.15) is 35.5 Å². The van der Waals surface area contributed by atoms with Gasteiger partial charge < -0.3 is 38.9 Å². The van der Waals surface area contributed by atoms with Crippen LogP contribution in [0.1, 0.15) is 82.8 Å². The van der Waals surface area contributed by atoms with Crippen molar-refractivity contribution >= 4 is 11.6 Å². The zero-order chi connectivity index (χ0) is 38.9. The van der Waals surface area contributed by atoms with E-state index in [1.807, 2.05) is 64.2 Å². The summed E-state index contributed by atoms with van der Waals surface area (Å²) < 4.78 is 25.7. The van der Waals surface area contributed by atoms with Crippen molar-refractivity contribution in [2.45, 2.75) is 95.5 Å². The molecule has 0 saturated heterocycles. The number of hydrogen-bond acceptors (Lipinski definition) is 9. The van der Waals surface area contributed by atoms with Gasteiger partial charge in [-0.05, 0) is 99.8 Å². The SMILES string of the molecule is C=CCOc1ccc2c(c1)[C@H]1[C@H](CCCCO)[C@@H](CCCCO)C=C3C(=NOC(C)(C)C)C[C@H](N(C)C(=O)Cc4cccc(OC)c4)[C@@](OCC=C)(O2)[C@H]31. The van der Waals surface area contributed by atoms with E-state index in [1.54, 1.807) is 24.2 Å². The van der Waals surface area contributed by atoms with Gasteiger partial charge in [0.2, 0.25) is 11.7 Å². The largest absolute Gasteiger partial charge is 0.497 e. The molecule has 10 nitrogen and oxygen atoms in total. The van der Waals surface area contributed by atoms with E-state index in [9.17, 15) is 15.0 Å². The summed E-state index contributed by atoms with van der Waals surface area (Å²) >= 11 is 0. The minimum absolute atomic E-state index is 0.102. The summed E-state index contributed by atoms with van der Waals surface area (Å²) in [7, 11) is 3.44. The monoisotopic (exact) mass is 744 g/mol. The summed E-state index contributed by atoms with van der Waals surface area (Å²) in [5.74, 6) is 0.394. The Bertz CT molecular complexity index is 1660. The summed E-state index contributed by atoms with van der Waals surface area (Å²) in [6, 6.07) is 12.9. The smallest absolute Gasteiger partial charge is 0.239 e. The van der Waals surface area contributed by atoms with Crippen LogP contribution < -0.4 is 14.2 Å². The summed E-state index contributed by atoms with van der Waals surface area (Å²) in [4.78, 5) is 22.3. The highest BCUT2D eigenvalue weighted by Crippen LogP contribution is 2.61. The third-order valence-electron chi connectivity index (χ3n) is 10.8. The lowest BCUT2D eigenvalue weighted by atomic mass is 9.55. The Morgan fingerprint density at radius 3 is 2.44 bits per heavy atom. The predicted octanol–water partition coefficient (Wildman–Crippen LogP) is 7.39. The van der Waals surface area contributed by atoms with Crippen molar-refractivity contribution in [1.82, 2.24) is 4.90 Å². The lowest BCUT2D eigenvalue weighted by molar-refractivity contribution is -0.255. The van der Waals surface area contributed by atoms with E-state index in [2.05, 4.69) is 25.3 Å². The van der Waals surface area contributed by atoms with E-state index >= 15 is 0 Å². The summed E-state index contributed by atoms with van der Waals surface area (Å²) in [5.41, 5.74) is 3.04. The van der Waals surface area contributed by atoms with Gasteiger partial charge in [-0.25, -0.2) is 0 Å². The van der Waals surface area contributed by atoms with Crippen molar-refractivity contribution in [2.75, 3.05) is 40.6 Å². The molecule has 0 spiro atoms. The number of ether oxygens (including phenoxy) is 4. The first kappa shape index (κ1) is 41.1. The zero-order valence-corrected chi connectivity index (χ0v) is 32.8. The Balaban J connectivity index is 1.74. The second-order valence-electron chi connectivity index (χ2n) is 15.6.